The molecule has 1 heterocycles. The van der Waals surface area contributed by atoms with Gasteiger partial charge in [0.2, 0.25) is 0 Å². The Morgan fingerprint density at radius 2 is 1.79 bits per heavy atom. The molecule has 4 heteroatoms. The molecule has 0 unspecified atom stereocenters. The molecule has 0 atom stereocenters. The van der Waals surface area contributed by atoms with Gasteiger partial charge in [-0.2, -0.15) is 0 Å². The number of rotatable bonds is 8. The first-order valence-electron chi connectivity index (χ1n) is 10.5. The van der Waals surface area contributed by atoms with Gasteiger partial charge in [-0.15, -0.1) is 0 Å². The van der Waals surface area contributed by atoms with E-state index in [1.807, 2.05) is 29.2 Å². The Morgan fingerprint density at radius 3 is 2.57 bits per heavy atom. The lowest BCUT2D eigenvalue weighted by atomic mass is 10.1. The summed E-state index contributed by atoms with van der Waals surface area (Å²) in [6, 6.07) is 14.3. The van der Waals surface area contributed by atoms with Gasteiger partial charge >= 0.3 is 0 Å². The van der Waals surface area contributed by atoms with Crippen molar-refractivity contribution in [3.63, 3.8) is 0 Å². The van der Waals surface area contributed by atoms with Gasteiger partial charge in [0.1, 0.15) is 12.4 Å². The first-order valence-corrected chi connectivity index (χ1v) is 10.5. The highest BCUT2D eigenvalue weighted by atomic mass is 16.5. The predicted octanol–water partition coefficient (Wildman–Crippen LogP) is 4.50. The third-order valence-electron chi connectivity index (χ3n) is 5.40. The maximum atomic E-state index is 13.1. The van der Waals surface area contributed by atoms with Crippen molar-refractivity contribution in [1.29, 1.82) is 0 Å². The van der Waals surface area contributed by atoms with Gasteiger partial charge in [0.25, 0.3) is 5.91 Å². The fraction of sp³-hybridized carbons (Fsp3) is 0.458. The molecule has 1 amide bonds. The number of ether oxygens (including phenoxy) is 1. The zero-order chi connectivity index (χ0) is 19.8. The van der Waals surface area contributed by atoms with Gasteiger partial charge < -0.3 is 14.5 Å². The number of allylic oxidation sites excluding steroid dienone is 1. The number of carbonyl (C=O) groups is 1. The maximum absolute atomic E-state index is 13.1. The molecule has 0 radical (unpaired) electrons. The molecule has 4 nitrogen and oxygen atoms in total. The predicted molar refractivity (Wildman–Crippen MR) is 116 cm³/mol. The Kier molecular flexibility index (Phi) is 7.49. The van der Waals surface area contributed by atoms with Crippen LogP contribution in [0.4, 0.5) is 0 Å². The molecule has 150 valence electrons. The van der Waals surface area contributed by atoms with Gasteiger partial charge in [0.05, 0.1) is 5.57 Å². The summed E-state index contributed by atoms with van der Waals surface area (Å²) in [5.74, 6) is 0.966. The lowest BCUT2D eigenvalue weighted by molar-refractivity contribution is -0.129. The smallest absolute Gasteiger partial charge is 0.252 e. The molecule has 0 aliphatic carbocycles. The number of carbonyl (C=O) groups excluding carboxylic acids is 1. The highest BCUT2D eigenvalue weighted by molar-refractivity contribution is 5.94. The lowest BCUT2D eigenvalue weighted by Gasteiger charge is -2.33. The second kappa shape index (κ2) is 10.3. The number of hydrogen-bond acceptors (Lipinski definition) is 3. The van der Waals surface area contributed by atoms with E-state index in [4.69, 9.17) is 4.74 Å². The molecular weight excluding hydrogens is 348 g/mol. The quantitative estimate of drug-likeness (QED) is 0.499. The minimum atomic E-state index is 0.129. The molecule has 28 heavy (non-hydrogen) atoms. The minimum absolute atomic E-state index is 0.129. The first-order chi connectivity index (χ1) is 13.7. The van der Waals surface area contributed by atoms with E-state index in [-0.39, 0.29) is 5.91 Å². The Morgan fingerprint density at radius 1 is 1.04 bits per heavy atom. The van der Waals surface area contributed by atoms with Crippen molar-refractivity contribution in [3.05, 3.63) is 54.1 Å². The van der Waals surface area contributed by atoms with Gasteiger partial charge in [-0.25, -0.2) is 0 Å². The van der Waals surface area contributed by atoms with Crippen LogP contribution in [0, 0.1) is 0 Å². The summed E-state index contributed by atoms with van der Waals surface area (Å²) >= 11 is 0. The highest BCUT2D eigenvalue weighted by Gasteiger charge is 2.22. The molecule has 1 saturated heterocycles. The SMILES string of the molecule is CCCCC/C=C(\COc1cccc2ccccc12)C(=O)N1CCN(C)CC1. The Labute approximate surface area is 168 Å². The monoisotopic (exact) mass is 380 g/mol. The zero-order valence-electron chi connectivity index (χ0n) is 17.2. The van der Waals surface area contributed by atoms with E-state index in [2.05, 4.69) is 43.1 Å². The summed E-state index contributed by atoms with van der Waals surface area (Å²) in [4.78, 5) is 17.3. The van der Waals surface area contributed by atoms with Crippen LogP contribution in [0.2, 0.25) is 0 Å². The molecule has 2 aromatic carbocycles. The van der Waals surface area contributed by atoms with E-state index < -0.39 is 0 Å². The van der Waals surface area contributed by atoms with Crippen molar-refractivity contribution >= 4 is 16.7 Å². The standard InChI is InChI=1S/C24H32N2O2/c1-3-4-5-6-11-21(24(27)26-17-15-25(2)16-18-26)19-28-23-14-9-12-20-10-7-8-13-22(20)23/h7-14H,3-6,15-19H2,1-2H3/b21-11+. The van der Waals surface area contributed by atoms with Crippen LogP contribution in [-0.4, -0.2) is 55.5 Å². The van der Waals surface area contributed by atoms with Crippen molar-refractivity contribution < 1.29 is 9.53 Å². The molecule has 0 aromatic heterocycles. The summed E-state index contributed by atoms with van der Waals surface area (Å²) in [7, 11) is 2.10. The highest BCUT2D eigenvalue weighted by Crippen LogP contribution is 2.25. The second-order valence-electron chi connectivity index (χ2n) is 7.59. The second-order valence-corrected chi connectivity index (χ2v) is 7.59. The Bertz CT molecular complexity index is 802. The van der Waals surface area contributed by atoms with Crippen LogP contribution in [0.15, 0.2) is 54.1 Å². The summed E-state index contributed by atoms with van der Waals surface area (Å²) in [5, 5.41) is 2.24. The molecular formula is C24H32N2O2. The van der Waals surface area contributed by atoms with Crippen LogP contribution in [0.25, 0.3) is 10.8 Å². The average Bonchev–Trinajstić information content (AvgIpc) is 2.73. The molecule has 1 fully saturated rings. The summed E-state index contributed by atoms with van der Waals surface area (Å²) < 4.78 is 6.15. The third-order valence-corrected chi connectivity index (χ3v) is 5.40. The largest absolute Gasteiger partial charge is 0.488 e. The number of amides is 1. The van der Waals surface area contributed by atoms with Gasteiger partial charge in [0, 0.05) is 31.6 Å². The number of nitrogens with zero attached hydrogens (tertiary/aromatic N) is 2. The van der Waals surface area contributed by atoms with Crippen molar-refractivity contribution in [2.45, 2.75) is 32.6 Å². The number of fused-ring (bicyclic) bond motifs is 1. The molecule has 3 rings (SSSR count). The van der Waals surface area contributed by atoms with Gasteiger partial charge in [-0.1, -0.05) is 62.2 Å². The zero-order valence-corrected chi connectivity index (χ0v) is 17.2. The normalized spacial score (nSPS) is 15.8. The Hall–Kier alpha value is -2.33. The Balaban J connectivity index is 1.72. The lowest BCUT2D eigenvalue weighted by Crippen LogP contribution is -2.48. The van der Waals surface area contributed by atoms with E-state index in [0.717, 1.165) is 61.1 Å². The van der Waals surface area contributed by atoms with Crippen molar-refractivity contribution in [2.75, 3.05) is 39.8 Å². The molecule has 2 aromatic rings. The summed E-state index contributed by atoms with van der Waals surface area (Å²) in [6.07, 6.45) is 6.52. The molecule has 1 aliphatic heterocycles. The maximum Gasteiger partial charge on any atom is 0.252 e. The van der Waals surface area contributed by atoms with Gasteiger partial charge in [-0.3, -0.25) is 4.79 Å². The fourth-order valence-electron chi connectivity index (χ4n) is 3.57. The van der Waals surface area contributed by atoms with Crippen LogP contribution >= 0.6 is 0 Å². The summed E-state index contributed by atoms with van der Waals surface area (Å²) in [5.41, 5.74) is 0.786. The molecule has 0 spiro atoms. The number of likely N-dealkylation sites (N-methyl/N-ethyl adjacent to an activating group) is 1. The van der Waals surface area contributed by atoms with Crippen molar-refractivity contribution in [1.82, 2.24) is 9.80 Å². The number of hydrogen-bond donors (Lipinski definition) is 0. The minimum Gasteiger partial charge on any atom is -0.488 e. The van der Waals surface area contributed by atoms with E-state index in [1.165, 1.54) is 12.8 Å². The van der Waals surface area contributed by atoms with E-state index in [1.54, 1.807) is 0 Å². The van der Waals surface area contributed by atoms with E-state index in [9.17, 15) is 4.79 Å². The van der Waals surface area contributed by atoms with Crippen LogP contribution in [0.5, 0.6) is 5.75 Å². The third kappa shape index (κ3) is 5.35. The number of unbranched alkanes of at least 4 members (excludes halogenated alkanes) is 3. The fourth-order valence-corrected chi connectivity index (χ4v) is 3.57. The number of benzene rings is 2. The molecule has 0 bridgehead atoms. The average molecular weight is 381 g/mol. The molecule has 1 aliphatic rings. The van der Waals surface area contributed by atoms with Crippen molar-refractivity contribution in [3.8, 4) is 5.75 Å². The van der Waals surface area contributed by atoms with Gasteiger partial charge in [0.15, 0.2) is 0 Å². The van der Waals surface area contributed by atoms with E-state index in [0.29, 0.717) is 6.61 Å². The molecule has 0 N–H and O–H groups in total. The van der Waals surface area contributed by atoms with Crippen molar-refractivity contribution in [2.24, 2.45) is 0 Å². The van der Waals surface area contributed by atoms with E-state index >= 15 is 0 Å². The topological polar surface area (TPSA) is 32.8 Å². The van der Waals surface area contributed by atoms with Crippen LogP contribution in [-0.2, 0) is 4.79 Å². The van der Waals surface area contributed by atoms with Crippen LogP contribution in [0.1, 0.15) is 32.6 Å². The van der Waals surface area contributed by atoms with Gasteiger partial charge in [-0.05, 0) is 31.3 Å². The number of piperazine rings is 1. The first kappa shape index (κ1) is 20.4. The summed E-state index contributed by atoms with van der Waals surface area (Å²) in [6.45, 7) is 5.96. The molecule has 0 saturated carbocycles. The van der Waals surface area contributed by atoms with Crippen LogP contribution < -0.4 is 4.74 Å². The van der Waals surface area contributed by atoms with Crippen LogP contribution in [0.3, 0.4) is 0 Å².